The maximum Gasteiger partial charge on any atom is 0.338 e. The molecule has 1 heterocycles. The minimum absolute atomic E-state index is 0.0946. The maximum absolute atomic E-state index is 12.8. The van der Waals surface area contributed by atoms with Gasteiger partial charge in [0.2, 0.25) is 5.91 Å². The molecule has 2 aromatic carbocycles. The van der Waals surface area contributed by atoms with Gasteiger partial charge in [0.05, 0.1) is 5.56 Å². The molecule has 0 saturated carbocycles. The number of carboxylic acid groups (broad SMARTS) is 1. The average molecular weight is 379 g/mol. The number of hydrogen-bond acceptors (Lipinski definition) is 3. The fourth-order valence-corrected chi connectivity index (χ4v) is 4.20. The summed E-state index contributed by atoms with van der Waals surface area (Å²) in [5.41, 5.74) is 2.99. The predicted octanol–water partition coefficient (Wildman–Crippen LogP) is 5.22. The van der Waals surface area contributed by atoms with Crippen LogP contribution in [0.2, 0.25) is 0 Å². The van der Waals surface area contributed by atoms with Gasteiger partial charge in [0.1, 0.15) is 5.00 Å². The minimum Gasteiger partial charge on any atom is -0.478 e. The fraction of sp³-hybridized carbons (Fsp3) is 0.182. The molecule has 2 N–H and O–H groups in total. The molecule has 0 spiro atoms. The van der Waals surface area contributed by atoms with E-state index in [-0.39, 0.29) is 23.8 Å². The molecule has 0 bridgehead atoms. The number of anilines is 1. The Morgan fingerprint density at radius 2 is 1.48 bits per heavy atom. The van der Waals surface area contributed by atoms with Crippen molar-refractivity contribution in [3.05, 3.63) is 87.8 Å². The molecule has 0 radical (unpaired) electrons. The van der Waals surface area contributed by atoms with E-state index in [2.05, 4.69) is 5.32 Å². The van der Waals surface area contributed by atoms with Crippen LogP contribution >= 0.6 is 11.3 Å². The van der Waals surface area contributed by atoms with E-state index >= 15 is 0 Å². The second-order valence-electron chi connectivity index (χ2n) is 6.42. The van der Waals surface area contributed by atoms with E-state index in [0.717, 1.165) is 16.0 Å². The summed E-state index contributed by atoms with van der Waals surface area (Å²) in [6, 6.07) is 19.7. The molecular weight excluding hydrogens is 358 g/mol. The molecule has 4 nitrogen and oxygen atoms in total. The van der Waals surface area contributed by atoms with E-state index in [1.54, 1.807) is 6.92 Å². The number of carbonyl (C=O) groups excluding carboxylic acids is 1. The van der Waals surface area contributed by atoms with Crippen molar-refractivity contribution in [3.63, 3.8) is 0 Å². The van der Waals surface area contributed by atoms with Crippen molar-refractivity contribution in [2.24, 2.45) is 0 Å². The summed E-state index contributed by atoms with van der Waals surface area (Å²) in [5, 5.41) is 12.7. The lowest BCUT2D eigenvalue weighted by molar-refractivity contribution is -0.116. The number of benzene rings is 2. The predicted molar refractivity (Wildman–Crippen MR) is 109 cm³/mol. The van der Waals surface area contributed by atoms with Crippen LogP contribution in [0.4, 0.5) is 5.00 Å². The van der Waals surface area contributed by atoms with E-state index < -0.39 is 5.97 Å². The molecule has 3 aromatic rings. The van der Waals surface area contributed by atoms with Crippen LogP contribution in [0.3, 0.4) is 0 Å². The number of aromatic carboxylic acids is 1. The van der Waals surface area contributed by atoms with Crippen molar-refractivity contribution in [2.45, 2.75) is 26.2 Å². The lowest BCUT2D eigenvalue weighted by Crippen LogP contribution is -2.17. The summed E-state index contributed by atoms with van der Waals surface area (Å²) in [4.78, 5) is 25.2. The van der Waals surface area contributed by atoms with Crippen molar-refractivity contribution in [1.82, 2.24) is 0 Å². The molecule has 0 saturated heterocycles. The Kier molecular flexibility index (Phi) is 5.72. The Morgan fingerprint density at radius 3 is 1.96 bits per heavy atom. The first-order valence-corrected chi connectivity index (χ1v) is 9.52. The smallest absolute Gasteiger partial charge is 0.338 e. The summed E-state index contributed by atoms with van der Waals surface area (Å²) in [6.07, 6.45) is 0.239. The first-order chi connectivity index (χ1) is 13.0. The number of nitrogens with one attached hydrogen (secondary N) is 1. The number of aryl methyl sites for hydroxylation is 1. The van der Waals surface area contributed by atoms with Crippen LogP contribution in [0.1, 0.15) is 44.3 Å². The van der Waals surface area contributed by atoms with E-state index in [1.165, 1.54) is 11.3 Å². The lowest BCUT2D eigenvalue weighted by Gasteiger charge is -2.17. The third kappa shape index (κ3) is 4.26. The van der Waals surface area contributed by atoms with Gasteiger partial charge in [-0.1, -0.05) is 60.7 Å². The molecule has 0 atom stereocenters. The summed E-state index contributed by atoms with van der Waals surface area (Å²) < 4.78 is 0. The summed E-state index contributed by atoms with van der Waals surface area (Å²) in [7, 11) is 0. The van der Waals surface area contributed by atoms with Crippen LogP contribution < -0.4 is 5.32 Å². The summed E-state index contributed by atoms with van der Waals surface area (Å²) >= 11 is 1.30. The van der Waals surface area contributed by atoms with Crippen LogP contribution in [0.15, 0.2) is 60.7 Å². The van der Waals surface area contributed by atoms with Gasteiger partial charge in [0, 0.05) is 17.2 Å². The minimum atomic E-state index is -1.02. The van der Waals surface area contributed by atoms with Crippen LogP contribution in [0, 0.1) is 13.8 Å². The summed E-state index contributed by atoms with van der Waals surface area (Å²) in [5.74, 6) is -1.31. The Balaban J connectivity index is 1.86. The molecule has 5 heteroatoms. The molecule has 0 aliphatic carbocycles. The molecule has 1 aromatic heterocycles. The van der Waals surface area contributed by atoms with Crippen molar-refractivity contribution >= 4 is 28.2 Å². The van der Waals surface area contributed by atoms with E-state index in [9.17, 15) is 14.7 Å². The van der Waals surface area contributed by atoms with Crippen LogP contribution in [-0.4, -0.2) is 17.0 Å². The average Bonchev–Trinajstić information content (AvgIpc) is 2.94. The molecule has 0 unspecified atom stereocenters. The Hall–Kier alpha value is -2.92. The number of carboxylic acids is 1. The topological polar surface area (TPSA) is 66.4 Å². The SMILES string of the molecule is Cc1sc(NC(=O)CC(c2ccccc2)c2ccccc2)c(C(=O)O)c1C. The van der Waals surface area contributed by atoms with Gasteiger partial charge in [-0.15, -0.1) is 11.3 Å². The largest absolute Gasteiger partial charge is 0.478 e. The third-order valence-corrected chi connectivity index (χ3v) is 5.77. The van der Waals surface area contributed by atoms with Gasteiger partial charge in [-0.3, -0.25) is 4.79 Å². The molecule has 3 rings (SSSR count). The Bertz CT molecular complexity index is 909. The number of hydrogen-bond donors (Lipinski definition) is 2. The number of thiophene rings is 1. The first kappa shape index (κ1) is 18.9. The summed E-state index contributed by atoms with van der Waals surface area (Å²) in [6.45, 7) is 3.63. The molecular formula is C22H21NO3S. The van der Waals surface area contributed by atoms with E-state index in [4.69, 9.17) is 0 Å². The van der Waals surface area contributed by atoms with E-state index in [0.29, 0.717) is 10.6 Å². The fourth-order valence-electron chi connectivity index (χ4n) is 3.13. The van der Waals surface area contributed by atoms with Gasteiger partial charge < -0.3 is 10.4 Å². The van der Waals surface area contributed by atoms with Crippen molar-refractivity contribution < 1.29 is 14.7 Å². The Labute approximate surface area is 162 Å². The van der Waals surface area contributed by atoms with Crippen LogP contribution in [0.5, 0.6) is 0 Å². The van der Waals surface area contributed by atoms with Crippen LogP contribution in [-0.2, 0) is 4.79 Å². The van der Waals surface area contributed by atoms with Gasteiger partial charge in [-0.2, -0.15) is 0 Å². The number of rotatable bonds is 6. The number of amides is 1. The van der Waals surface area contributed by atoms with Gasteiger partial charge in [0.25, 0.3) is 0 Å². The molecule has 0 aliphatic heterocycles. The normalized spacial score (nSPS) is 10.8. The highest BCUT2D eigenvalue weighted by Crippen LogP contribution is 2.34. The molecule has 1 amide bonds. The molecule has 27 heavy (non-hydrogen) atoms. The van der Waals surface area contributed by atoms with Crippen molar-refractivity contribution in [2.75, 3.05) is 5.32 Å². The highest BCUT2D eigenvalue weighted by Gasteiger charge is 2.23. The van der Waals surface area contributed by atoms with Crippen molar-refractivity contribution in [3.8, 4) is 0 Å². The zero-order valence-electron chi connectivity index (χ0n) is 15.2. The zero-order valence-corrected chi connectivity index (χ0v) is 16.0. The van der Waals surface area contributed by atoms with Gasteiger partial charge >= 0.3 is 5.97 Å². The van der Waals surface area contributed by atoms with E-state index in [1.807, 2.05) is 67.6 Å². The second-order valence-corrected chi connectivity index (χ2v) is 7.64. The van der Waals surface area contributed by atoms with Crippen molar-refractivity contribution in [1.29, 1.82) is 0 Å². The highest BCUT2D eigenvalue weighted by atomic mass is 32.1. The lowest BCUT2D eigenvalue weighted by atomic mass is 9.88. The standard InChI is InChI=1S/C22H21NO3S/c1-14-15(2)27-21(20(14)22(25)26)23-19(24)13-18(16-9-5-3-6-10-16)17-11-7-4-8-12-17/h3-12,18H,13H2,1-2H3,(H,23,24)(H,25,26). The third-order valence-electron chi connectivity index (χ3n) is 4.65. The zero-order chi connectivity index (χ0) is 19.4. The second kappa shape index (κ2) is 8.18. The molecule has 138 valence electrons. The van der Waals surface area contributed by atoms with Gasteiger partial charge in [-0.25, -0.2) is 4.79 Å². The van der Waals surface area contributed by atoms with Crippen LogP contribution in [0.25, 0.3) is 0 Å². The monoisotopic (exact) mass is 379 g/mol. The molecule has 0 fully saturated rings. The maximum atomic E-state index is 12.8. The van der Waals surface area contributed by atoms with Gasteiger partial charge in [-0.05, 0) is 30.5 Å². The number of carbonyl (C=O) groups is 2. The molecule has 0 aliphatic rings. The highest BCUT2D eigenvalue weighted by molar-refractivity contribution is 7.16. The Morgan fingerprint density at radius 1 is 0.963 bits per heavy atom. The van der Waals surface area contributed by atoms with Gasteiger partial charge in [0.15, 0.2) is 0 Å². The first-order valence-electron chi connectivity index (χ1n) is 8.70. The quantitative estimate of drug-likeness (QED) is 0.617.